The van der Waals surface area contributed by atoms with Gasteiger partial charge in [0.1, 0.15) is 5.82 Å². The molecule has 98 valence electrons. The van der Waals surface area contributed by atoms with Gasteiger partial charge in [-0.1, -0.05) is 12.1 Å². The van der Waals surface area contributed by atoms with Crippen molar-refractivity contribution >= 4 is 6.03 Å². The van der Waals surface area contributed by atoms with Gasteiger partial charge in [0.15, 0.2) is 0 Å². The maximum Gasteiger partial charge on any atom is 0.315 e. The van der Waals surface area contributed by atoms with E-state index in [2.05, 4.69) is 17.2 Å². The lowest BCUT2D eigenvalue weighted by Crippen LogP contribution is -2.39. The quantitative estimate of drug-likeness (QED) is 0.698. The third-order valence-corrected chi connectivity index (χ3v) is 2.45. The van der Waals surface area contributed by atoms with Crippen molar-refractivity contribution in [3.8, 4) is 0 Å². The normalized spacial score (nSPS) is 11.7. The maximum absolute atomic E-state index is 13.1. The smallest absolute Gasteiger partial charge is 0.315 e. The summed E-state index contributed by atoms with van der Waals surface area (Å²) in [5.74, 6) is -0.453. The van der Waals surface area contributed by atoms with Crippen LogP contribution in [0.4, 0.5) is 9.18 Å². The number of hydrogen-bond donors (Lipinski definition) is 3. The van der Waals surface area contributed by atoms with Crippen LogP contribution in [0.3, 0.4) is 0 Å². The Morgan fingerprint density at radius 3 is 2.94 bits per heavy atom. The molecular formula is C13H17FN2O2. The molecule has 1 aromatic rings. The van der Waals surface area contributed by atoms with E-state index in [0.717, 1.165) is 5.56 Å². The molecule has 1 unspecified atom stereocenters. The van der Waals surface area contributed by atoms with Gasteiger partial charge in [0.05, 0.1) is 6.61 Å². The van der Waals surface area contributed by atoms with Crippen LogP contribution in [0.5, 0.6) is 0 Å². The van der Waals surface area contributed by atoms with Crippen molar-refractivity contribution in [2.45, 2.75) is 26.1 Å². The largest absolute Gasteiger partial charge is 0.392 e. The summed E-state index contributed by atoms with van der Waals surface area (Å²) in [6.45, 7) is 5.26. The van der Waals surface area contributed by atoms with Crippen molar-refractivity contribution in [3.05, 3.63) is 47.8 Å². The predicted octanol–water partition coefficient (Wildman–Crippen LogP) is 1.69. The molecule has 0 spiro atoms. The molecule has 0 aliphatic carbocycles. The molecule has 1 atom stereocenters. The molecule has 0 saturated carbocycles. The van der Waals surface area contributed by atoms with Crippen molar-refractivity contribution < 1.29 is 14.3 Å². The topological polar surface area (TPSA) is 61.4 Å². The molecule has 0 radical (unpaired) electrons. The summed E-state index contributed by atoms with van der Waals surface area (Å²) in [4.78, 5) is 11.4. The lowest BCUT2D eigenvalue weighted by Gasteiger charge is -2.11. The Hall–Kier alpha value is -1.88. The summed E-state index contributed by atoms with van der Waals surface area (Å²) in [5.41, 5.74) is 0.941. The fourth-order valence-electron chi connectivity index (χ4n) is 1.36. The Kier molecular flexibility index (Phi) is 5.32. The molecule has 0 aliphatic heterocycles. The van der Waals surface area contributed by atoms with Crippen molar-refractivity contribution in [1.82, 2.24) is 10.6 Å². The molecule has 0 bridgehead atoms. The summed E-state index contributed by atoms with van der Waals surface area (Å²) in [5, 5.41) is 14.2. The van der Waals surface area contributed by atoms with Crippen LogP contribution in [0.25, 0.3) is 0 Å². The second kappa shape index (κ2) is 6.76. The molecule has 1 rings (SSSR count). The van der Waals surface area contributed by atoms with E-state index in [1.54, 1.807) is 19.1 Å². The number of carbonyl (C=O) groups excluding carboxylic acids is 1. The van der Waals surface area contributed by atoms with Crippen LogP contribution < -0.4 is 10.6 Å². The van der Waals surface area contributed by atoms with Crippen LogP contribution >= 0.6 is 0 Å². The van der Waals surface area contributed by atoms with Gasteiger partial charge in [-0.25, -0.2) is 9.18 Å². The highest BCUT2D eigenvalue weighted by Crippen LogP contribution is 2.10. The SMILES string of the molecule is C=CC(C)NC(=O)NCc1ccc(F)c(CO)c1. The standard InChI is InChI=1S/C13H17FN2O2/c1-3-9(2)16-13(18)15-7-10-4-5-12(14)11(6-10)8-17/h3-6,9,17H,1,7-8H2,2H3,(H2,15,16,18). The predicted molar refractivity (Wildman–Crippen MR) is 67.4 cm³/mol. The average molecular weight is 252 g/mol. The Morgan fingerprint density at radius 2 is 2.33 bits per heavy atom. The van der Waals surface area contributed by atoms with Crippen molar-refractivity contribution in [2.24, 2.45) is 0 Å². The number of aliphatic hydroxyl groups excluding tert-OH is 1. The molecule has 4 nitrogen and oxygen atoms in total. The van der Waals surface area contributed by atoms with Crippen LogP contribution in [0, 0.1) is 5.82 Å². The van der Waals surface area contributed by atoms with Gasteiger partial charge in [0.25, 0.3) is 0 Å². The van der Waals surface area contributed by atoms with Gasteiger partial charge >= 0.3 is 6.03 Å². The van der Waals surface area contributed by atoms with E-state index >= 15 is 0 Å². The lowest BCUT2D eigenvalue weighted by atomic mass is 10.1. The van der Waals surface area contributed by atoms with E-state index in [0.29, 0.717) is 0 Å². The number of rotatable bonds is 5. The molecule has 0 saturated heterocycles. The minimum absolute atomic E-state index is 0.119. The van der Waals surface area contributed by atoms with Gasteiger partial charge in [-0.05, 0) is 24.6 Å². The van der Waals surface area contributed by atoms with E-state index in [4.69, 9.17) is 5.11 Å². The number of halogens is 1. The molecule has 2 amide bonds. The molecule has 18 heavy (non-hydrogen) atoms. The summed E-state index contributed by atoms with van der Waals surface area (Å²) in [6, 6.07) is 3.91. The minimum atomic E-state index is -0.453. The molecule has 5 heteroatoms. The van der Waals surface area contributed by atoms with Gasteiger partial charge in [0.2, 0.25) is 0 Å². The highest BCUT2D eigenvalue weighted by atomic mass is 19.1. The summed E-state index contributed by atoms with van der Waals surface area (Å²) in [6.07, 6.45) is 1.61. The van der Waals surface area contributed by atoms with Crippen LogP contribution in [-0.4, -0.2) is 17.2 Å². The van der Waals surface area contributed by atoms with Crippen molar-refractivity contribution in [2.75, 3.05) is 0 Å². The Balaban J connectivity index is 2.53. The third kappa shape index (κ3) is 4.18. The number of nitrogens with one attached hydrogen (secondary N) is 2. The highest BCUT2D eigenvalue weighted by Gasteiger charge is 2.05. The van der Waals surface area contributed by atoms with E-state index in [1.807, 2.05) is 0 Å². The average Bonchev–Trinajstić information content (AvgIpc) is 2.37. The number of benzene rings is 1. The van der Waals surface area contributed by atoms with Crippen LogP contribution in [0.15, 0.2) is 30.9 Å². The zero-order chi connectivity index (χ0) is 13.5. The third-order valence-electron chi connectivity index (χ3n) is 2.45. The molecule has 0 heterocycles. The molecule has 0 fully saturated rings. The number of urea groups is 1. The molecule has 3 N–H and O–H groups in total. The van der Waals surface area contributed by atoms with Crippen LogP contribution in [-0.2, 0) is 13.2 Å². The fourth-order valence-corrected chi connectivity index (χ4v) is 1.36. The molecule has 0 aliphatic rings. The summed E-state index contributed by atoms with van der Waals surface area (Å²) < 4.78 is 13.1. The Morgan fingerprint density at radius 1 is 1.61 bits per heavy atom. The van der Waals surface area contributed by atoms with Crippen LogP contribution in [0.1, 0.15) is 18.1 Å². The van der Waals surface area contributed by atoms with Gasteiger partial charge in [0, 0.05) is 18.2 Å². The van der Waals surface area contributed by atoms with E-state index in [9.17, 15) is 9.18 Å². The zero-order valence-electron chi connectivity index (χ0n) is 10.2. The first-order chi connectivity index (χ1) is 8.56. The Labute approximate surface area is 106 Å². The van der Waals surface area contributed by atoms with Gasteiger partial charge in [-0.2, -0.15) is 0 Å². The Bertz CT molecular complexity index is 435. The molecule has 0 aromatic heterocycles. The van der Waals surface area contributed by atoms with Crippen molar-refractivity contribution in [1.29, 1.82) is 0 Å². The zero-order valence-corrected chi connectivity index (χ0v) is 10.2. The van der Waals surface area contributed by atoms with E-state index in [1.165, 1.54) is 12.1 Å². The van der Waals surface area contributed by atoms with Crippen LogP contribution in [0.2, 0.25) is 0 Å². The highest BCUT2D eigenvalue weighted by molar-refractivity contribution is 5.74. The minimum Gasteiger partial charge on any atom is -0.392 e. The first kappa shape index (κ1) is 14.2. The molecule has 1 aromatic carbocycles. The first-order valence-electron chi connectivity index (χ1n) is 5.62. The van der Waals surface area contributed by atoms with Crippen molar-refractivity contribution in [3.63, 3.8) is 0 Å². The number of carbonyl (C=O) groups is 1. The van der Waals surface area contributed by atoms with Gasteiger partial charge < -0.3 is 15.7 Å². The number of amides is 2. The number of hydrogen-bond acceptors (Lipinski definition) is 2. The first-order valence-corrected chi connectivity index (χ1v) is 5.62. The maximum atomic E-state index is 13.1. The van der Waals surface area contributed by atoms with Gasteiger partial charge in [-0.3, -0.25) is 0 Å². The lowest BCUT2D eigenvalue weighted by molar-refractivity contribution is 0.239. The summed E-state index contributed by atoms with van der Waals surface area (Å²) >= 11 is 0. The fraction of sp³-hybridized carbons (Fsp3) is 0.308. The molecular weight excluding hydrogens is 235 g/mol. The van der Waals surface area contributed by atoms with E-state index < -0.39 is 5.82 Å². The monoisotopic (exact) mass is 252 g/mol. The van der Waals surface area contributed by atoms with E-state index in [-0.39, 0.29) is 30.8 Å². The summed E-state index contributed by atoms with van der Waals surface area (Å²) in [7, 11) is 0. The second-order valence-corrected chi connectivity index (χ2v) is 3.94. The van der Waals surface area contributed by atoms with Gasteiger partial charge in [-0.15, -0.1) is 6.58 Å². The second-order valence-electron chi connectivity index (χ2n) is 3.94. The number of aliphatic hydroxyl groups is 1.